The van der Waals surface area contributed by atoms with E-state index in [2.05, 4.69) is 51.3 Å². The smallest absolute Gasteiger partial charge is 0.240 e. The molecule has 4 rings (SSSR count). The first kappa shape index (κ1) is 16.7. The highest BCUT2D eigenvalue weighted by Gasteiger charge is 2.31. The average Bonchev–Trinajstić information content (AvgIpc) is 3.24. The molecule has 5 nitrogen and oxygen atoms in total. The summed E-state index contributed by atoms with van der Waals surface area (Å²) in [6.45, 7) is 6.85. The monoisotopic (exact) mass is 356 g/mol. The van der Waals surface area contributed by atoms with E-state index in [4.69, 9.17) is 0 Å². The largest absolute Gasteiger partial charge is 0.301 e. The lowest BCUT2D eigenvalue weighted by Crippen LogP contribution is -2.51. The SMILES string of the molecule is Cc1ccc(-c2csc(NC(=O)CN3CCN4CCC[C@H]4C3)n2)cc1. The second-order valence-electron chi connectivity index (χ2n) is 7.02. The van der Waals surface area contributed by atoms with Gasteiger partial charge < -0.3 is 5.32 Å². The minimum atomic E-state index is 0.0382. The van der Waals surface area contributed by atoms with E-state index >= 15 is 0 Å². The van der Waals surface area contributed by atoms with Crippen LogP contribution in [0, 0.1) is 6.92 Å². The maximum Gasteiger partial charge on any atom is 0.240 e. The van der Waals surface area contributed by atoms with Crippen molar-refractivity contribution >= 4 is 22.4 Å². The lowest BCUT2D eigenvalue weighted by atomic mass is 10.1. The predicted octanol–water partition coefficient (Wildman–Crippen LogP) is 2.84. The van der Waals surface area contributed by atoms with Crippen molar-refractivity contribution in [2.24, 2.45) is 0 Å². The van der Waals surface area contributed by atoms with E-state index in [1.165, 1.54) is 36.3 Å². The van der Waals surface area contributed by atoms with Crippen LogP contribution >= 0.6 is 11.3 Å². The molecule has 2 saturated heterocycles. The van der Waals surface area contributed by atoms with Gasteiger partial charge in [0, 0.05) is 36.6 Å². The van der Waals surface area contributed by atoms with Crippen molar-refractivity contribution in [2.75, 3.05) is 38.0 Å². The number of benzene rings is 1. The third-order valence-corrected chi connectivity index (χ3v) is 5.89. The molecule has 3 heterocycles. The molecule has 0 radical (unpaired) electrons. The highest BCUT2D eigenvalue weighted by molar-refractivity contribution is 7.14. The van der Waals surface area contributed by atoms with Gasteiger partial charge >= 0.3 is 0 Å². The molecule has 1 aromatic carbocycles. The normalized spacial score (nSPS) is 21.2. The fraction of sp³-hybridized carbons (Fsp3) is 0.474. The zero-order valence-electron chi connectivity index (χ0n) is 14.6. The number of aromatic nitrogens is 1. The third-order valence-electron chi connectivity index (χ3n) is 5.14. The van der Waals surface area contributed by atoms with E-state index < -0.39 is 0 Å². The first-order valence-electron chi connectivity index (χ1n) is 8.96. The summed E-state index contributed by atoms with van der Waals surface area (Å²) in [6.07, 6.45) is 2.57. The minimum Gasteiger partial charge on any atom is -0.301 e. The fourth-order valence-electron chi connectivity index (χ4n) is 3.75. The summed E-state index contributed by atoms with van der Waals surface area (Å²) in [4.78, 5) is 21.8. The number of nitrogens with one attached hydrogen (secondary N) is 1. The van der Waals surface area contributed by atoms with Crippen molar-refractivity contribution in [3.63, 3.8) is 0 Å². The first-order chi connectivity index (χ1) is 12.2. The Hall–Kier alpha value is -1.76. The van der Waals surface area contributed by atoms with Gasteiger partial charge in [-0.15, -0.1) is 11.3 Å². The molecule has 0 spiro atoms. The first-order valence-corrected chi connectivity index (χ1v) is 9.84. The van der Waals surface area contributed by atoms with Crippen molar-refractivity contribution in [3.8, 4) is 11.3 Å². The van der Waals surface area contributed by atoms with Gasteiger partial charge in [-0.3, -0.25) is 14.6 Å². The number of piperazine rings is 1. The molecule has 25 heavy (non-hydrogen) atoms. The molecule has 1 atom stereocenters. The van der Waals surface area contributed by atoms with Gasteiger partial charge in [-0.25, -0.2) is 4.98 Å². The molecule has 132 valence electrons. The van der Waals surface area contributed by atoms with E-state index in [9.17, 15) is 4.79 Å². The Bertz CT molecular complexity index is 742. The third kappa shape index (κ3) is 3.92. The van der Waals surface area contributed by atoms with Crippen LogP contribution in [0.25, 0.3) is 11.3 Å². The Morgan fingerprint density at radius 3 is 2.96 bits per heavy atom. The number of carbonyl (C=O) groups excluding carboxylic acids is 1. The minimum absolute atomic E-state index is 0.0382. The number of fused-ring (bicyclic) bond motifs is 1. The van der Waals surface area contributed by atoms with E-state index in [0.29, 0.717) is 17.7 Å². The van der Waals surface area contributed by atoms with Crippen LogP contribution in [0.3, 0.4) is 0 Å². The molecule has 1 aromatic heterocycles. The highest BCUT2D eigenvalue weighted by Crippen LogP contribution is 2.25. The maximum atomic E-state index is 12.4. The van der Waals surface area contributed by atoms with E-state index in [1.807, 2.05) is 5.38 Å². The van der Waals surface area contributed by atoms with Gasteiger partial charge in [0.15, 0.2) is 5.13 Å². The average molecular weight is 356 g/mol. The lowest BCUT2D eigenvalue weighted by Gasteiger charge is -2.36. The summed E-state index contributed by atoms with van der Waals surface area (Å²) < 4.78 is 0. The Labute approximate surface area is 152 Å². The predicted molar refractivity (Wildman–Crippen MR) is 102 cm³/mol. The van der Waals surface area contributed by atoms with Gasteiger partial charge in [0.1, 0.15) is 0 Å². The second-order valence-corrected chi connectivity index (χ2v) is 7.88. The number of hydrogen-bond acceptors (Lipinski definition) is 5. The Balaban J connectivity index is 1.33. The molecule has 1 amide bonds. The van der Waals surface area contributed by atoms with Crippen molar-refractivity contribution < 1.29 is 4.79 Å². The summed E-state index contributed by atoms with van der Waals surface area (Å²) in [6, 6.07) is 8.94. The number of carbonyl (C=O) groups is 1. The topological polar surface area (TPSA) is 48.5 Å². The quantitative estimate of drug-likeness (QED) is 0.915. The van der Waals surface area contributed by atoms with E-state index in [0.717, 1.165) is 30.9 Å². The van der Waals surface area contributed by atoms with Gasteiger partial charge in [-0.05, 0) is 26.3 Å². The van der Waals surface area contributed by atoms with Crippen LogP contribution in [-0.4, -0.2) is 59.5 Å². The number of anilines is 1. The van der Waals surface area contributed by atoms with Gasteiger partial charge in [0.05, 0.1) is 12.2 Å². The Morgan fingerprint density at radius 2 is 2.12 bits per heavy atom. The van der Waals surface area contributed by atoms with Crippen LogP contribution in [0.2, 0.25) is 0 Å². The molecule has 0 bridgehead atoms. The van der Waals surface area contributed by atoms with Crippen LogP contribution < -0.4 is 5.32 Å². The van der Waals surface area contributed by atoms with Crippen LogP contribution in [0.1, 0.15) is 18.4 Å². The maximum absolute atomic E-state index is 12.4. The van der Waals surface area contributed by atoms with Crippen molar-refractivity contribution in [1.29, 1.82) is 0 Å². The zero-order valence-corrected chi connectivity index (χ0v) is 15.4. The molecule has 2 aromatic rings. The zero-order chi connectivity index (χ0) is 17.2. The van der Waals surface area contributed by atoms with Crippen molar-refractivity contribution in [3.05, 3.63) is 35.2 Å². The number of thiazole rings is 1. The molecule has 2 aliphatic heterocycles. The number of rotatable bonds is 4. The molecule has 0 unspecified atom stereocenters. The standard InChI is InChI=1S/C19H24N4OS/c1-14-4-6-15(7-5-14)17-13-25-19(20-17)21-18(24)12-22-9-10-23-8-2-3-16(23)11-22/h4-7,13,16H,2-3,8-12H2,1H3,(H,20,21,24)/t16-/m0/s1. The highest BCUT2D eigenvalue weighted by atomic mass is 32.1. The molecule has 0 saturated carbocycles. The number of nitrogens with zero attached hydrogens (tertiary/aromatic N) is 3. The van der Waals surface area contributed by atoms with Gasteiger partial charge in [-0.1, -0.05) is 29.8 Å². The van der Waals surface area contributed by atoms with Crippen molar-refractivity contribution in [2.45, 2.75) is 25.8 Å². The Morgan fingerprint density at radius 1 is 1.28 bits per heavy atom. The van der Waals surface area contributed by atoms with Crippen molar-refractivity contribution in [1.82, 2.24) is 14.8 Å². The summed E-state index contributed by atoms with van der Waals surface area (Å²) >= 11 is 1.48. The fourth-order valence-corrected chi connectivity index (χ4v) is 4.48. The van der Waals surface area contributed by atoms with Gasteiger partial charge in [0.2, 0.25) is 5.91 Å². The number of aryl methyl sites for hydroxylation is 1. The number of hydrogen-bond donors (Lipinski definition) is 1. The second kappa shape index (κ2) is 7.23. The summed E-state index contributed by atoms with van der Waals surface area (Å²) in [7, 11) is 0. The van der Waals surface area contributed by atoms with Gasteiger partial charge in [0.25, 0.3) is 0 Å². The molecule has 6 heteroatoms. The van der Waals surface area contributed by atoms with Crippen LogP contribution in [0.4, 0.5) is 5.13 Å². The summed E-state index contributed by atoms with van der Waals surface area (Å²) in [5.41, 5.74) is 3.23. The van der Waals surface area contributed by atoms with E-state index in [-0.39, 0.29) is 5.91 Å². The molecule has 0 aliphatic carbocycles. The Kier molecular flexibility index (Phi) is 4.83. The summed E-state index contributed by atoms with van der Waals surface area (Å²) in [5.74, 6) is 0.0382. The van der Waals surface area contributed by atoms with Crippen LogP contribution in [0.5, 0.6) is 0 Å². The lowest BCUT2D eigenvalue weighted by molar-refractivity contribution is -0.117. The molecular formula is C19H24N4OS. The molecule has 1 N–H and O–H groups in total. The van der Waals surface area contributed by atoms with E-state index in [1.54, 1.807) is 0 Å². The van der Waals surface area contributed by atoms with Gasteiger partial charge in [-0.2, -0.15) is 0 Å². The molecule has 2 fully saturated rings. The van der Waals surface area contributed by atoms with Crippen LogP contribution in [-0.2, 0) is 4.79 Å². The molecule has 2 aliphatic rings. The molecular weight excluding hydrogens is 332 g/mol. The number of amides is 1. The summed E-state index contributed by atoms with van der Waals surface area (Å²) in [5, 5.41) is 5.64. The van der Waals surface area contributed by atoms with Crippen LogP contribution in [0.15, 0.2) is 29.6 Å².